The Hall–Kier alpha value is -2.08. The van der Waals surface area contributed by atoms with Crippen molar-refractivity contribution >= 4 is 10.9 Å². The fourth-order valence-electron chi connectivity index (χ4n) is 1.34. The van der Waals surface area contributed by atoms with Gasteiger partial charge in [0.1, 0.15) is 11.8 Å². The summed E-state index contributed by atoms with van der Waals surface area (Å²) < 4.78 is 5.31. The molecule has 2 aromatic rings. The van der Waals surface area contributed by atoms with Crippen LogP contribution in [-0.4, -0.2) is 11.6 Å². The minimum atomic E-state index is 0.556. The van der Waals surface area contributed by atoms with Crippen LogP contribution in [0, 0.1) is 17.4 Å². The second-order valence-corrected chi connectivity index (χ2v) is 3.04. The quantitative estimate of drug-likeness (QED) is 0.742. The first kappa shape index (κ1) is 9.47. The summed E-state index contributed by atoms with van der Waals surface area (Å²) in [4.78, 5) is 4.17. The largest absolute Gasteiger partial charge is 0.493 e. The number of nitrogens with zero attached hydrogens (tertiary/aromatic N) is 2. The van der Waals surface area contributed by atoms with Gasteiger partial charge in [0.2, 0.25) is 0 Å². The van der Waals surface area contributed by atoms with Crippen molar-refractivity contribution in [3.8, 4) is 11.8 Å². The van der Waals surface area contributed by atoms with Crippen LogP contribution in [0.2, 0.25) is 0 Å². The summed E-state index contributed by atoms with van der Waals surface area (Å²) >= 11 is 0. The predicted molar refractivity (Wildman–Crippen MR) is 56.5 cm³/mol. The van der Waals surface area contributed by atoms with Crippen molar-refractivity contribution in [2.24, 2.45) is 0 Å². The molecule has 0 atom stereocenters. The zero-order chi connectivity index (χ0) is 10.7. The van der Waals surface area contributed by atoms with Crippen molar-refractivity contribution < 1.29 is 4.74 Å². The van der Waals surface area contributed by atoms with E-state index in [1.807, 2.05) is 13.0 Å². The first-order chi connectivity index (χ1) is 7.33. The fourth-order valence-corrected chi connectivity index (χ4v) is 1.34. The van der Waals surface area contributed by atoms with Crippen LogP contribution in [0.25, 0.3) is 10.9 Å². The van der Waals surface area contributed by atoms with Gasteiger partial charge in [-0.05, 0) is 19.1 Å². The van der Waals surface area contributed by atoms with Crippen LogP contribution in [0.4, 0.5) is 0 Å². The normalized spacial score (nSPS) is 9.87. The monoisotopic (exact) mass is 197 g/mol. The Morgan fingerprint density at radius 1 is 1.53 bits per heavy atom. The van der Waals surface area contributed by atoms with Gasteiger partial charge in [-0.1, -0.05) is 0 Å². The second-order valence-electron chi connectivity index (χ2n) is 3.04. The van der Waals surface area contributed by atoms with Crippen LogP contribution in [0.5, 0.6) is 5.75 Å². The van der Waals surface area contributed by atoms with E-state index in [1.54, 1.807) is 18.3 Å². The molecule has 0 aliphatic carbocycles. The molecule has 0 unspecified atom stereocenters. The van der Waals surface area contributed by atoms with E-state index >= 15 is 0 Å². The van der Waals surface area contributed by atoms with Crippen LogP contribution in [0.3, 0.4) is 0 Å². The average molecular weight is 197 g/mol. The lowest BCUT2D eigenvalue weighted by Gasteiger charge is -2.03. The fraction of sp³-hybridized carbons (Fsp3) is 0.167. The number of nitriles is 1. The van der Waals surface area contributed by atoms with E-state index < -0.39 is 0 Å². The first-order valence-electron chi connectivity index (χ1n) is 4.68. The van der Waals surface area contributed by atoms with Crippen LogP contribution in [0.15, 0.2) is 24.4 Å². The molecule has 0 amide bonds. The maximum atomic E-state index is 8.71. The molecule has 73 valence electrons. The Morgan fingerprint density at radius 3 is 3.13 bits per heavy atom. The van der Waals surface area contributed by atoms with E-state index in [0.29, 0.717) is 17.9 Å². The number of benzene rings is 1. The van der Waals surface area contributed by atoms with E-state index in [1.165, 1.54) is 0 Å². The molecular formula is C12H9N2O. The summed E-state index contributed by atoms with van der Waals surface area (Å²) in [6.45, 7) is 2.53. The van der Waals surface area contributed by atoms with Gasteiger partial charge in [-0.15, -0.1) is 0 Å². The Labute approximate surface area is 87.9 Å². The van der Waals surface area contributed by atoms with Gasteiger partial charge >= 0.3 is 0 Å². The summed E-state index contributed by atoms with van der Waals surface area (Å²) in [5.41, 5.74) is 1.37. The zero-order valence-electron chi connectivity index (χ0n) is 8.32. The third kappa shape index (κ3) is 1.89. The molecule has 0 spiro atoms. The molecule has 0 N–H and O–H groups in total. The molecule has 0 fully saturated rings. The SMILES string of the molecule is CCOc1[c]cc2cc(C#N)cnc2c1. The van der Waals surface area contributed by atoms with E-state index in [-0.39, 0.29) is 0 Å². The molecule has 0 bridgehead atoms. The molecule has 0 aliphatic heterocycles. The van der Waals surface area contributed by atoms with Crippen LogP contribution < -0.4 is 4.74 Å². The van der Waals surface area contributed by atoms with E-state index in [0.717, 1.165) is 10.9 Å². The Balaban J connectivity index is 2.51. The number of aromatic nitrogens is 1. The molecule has 1 aromatic heterocycles. The molecule has 1 radical (unpaired) electrons. The number of hydrogen-bond donors (Lipinski definition) is 0. The lowest BCUT2D eigenvalue weighted by molar-refractivity contribution is 0.340. The number of pyridine rings is 1. The lowest BCUT2D eigenvalue weighted by atomic mass is 10.1. The molecule has 0 aliphatic rings. The molecule has 0 saturated heterocycles. The molecule has 1 heterocycles. The Bertz CT molecular complexity index is 529. The highest BCUT2D eigenvalue weighted by Gasteiger charge is 1.99. The van der Waals surface area contributed by atoms with Gasteiger partial charge in [0.15, 0.2) is 0 Å². The third-order valence-electron chi connectivity index (χ3n) is 2.02. The zero-order valence-corrected chi connectivity index (χ0v) is 8.32. The molecule has 3 heteroatoms. The van der Waals surface area contributed by atoms with Gasteiger partial charge in [0.25, 0.3) is 0 Å². The van der Waals surface area contributed by atoms with E-state index in [9.17, 15) is 0 Å². The number of ether oxygens (including phenoxy) is 1. The number of hydrogen-bond acceptors (Lipinski definition) is 3. The summed E-state index contributed by atoms with van der Waals surface area (Å²) in [6.07, 6.45) is 1.55. The highest BCUT2D eigenvalue weighted by atomic mass is 16.5. The van der Waals surface area contributed by atoms with Gasteiger partial charge < -0.3 is 4.74 Å². The summed E-state index contributed by atoms with van der Waals surface area (Å²) in [6, 6.07) is 10.4. The Kier molecular flexibility index (Phi) is 2.51. The van der Waals surface area contributed by atoms with Gasteiger partial charge in [-0.3, -0.25) is 4.98 Å². The highest BCUT2D eigenvalue weighted by Crippen LogP contribution is 2.19. The molecule has 0 saturated carbocycles. The van der Waals surface area contributed by atoms with Crippen molar-refractivity contribution in [2.75, 3.05) is 6.61 Å². The third-order valence-corrected chi connectivity index (χ3v) is 2.02. The minimum absolute atomic E-state index is 0.556. The van der Waals surface area contributed by atoms with Crippen molar-refractivity contribution in [1.29, 1.82) is 5.26 Å². The minimum Gasteiger partial charge on any atom is -0.493 e. The van der Waals surface area contributed by atoms with Crippen LogP contribution >= 0.6 is 0 Å². The molecule has 1 aromatic carbocycles. The standard InChI is InChI=1S/C12H9N2O/c1-2-15-11-4-3-10-5-9(7-13)8-14-12(10)6-11/h3,5-6,8H,2H2,1H3. The number of fused-ring (bicyclic) bond motifs is 1. The van der Waals surface area contributed by atoms with Gasteiger partial charge in [0, 0.05) is 23.7 Å². The highest BCUT2D eigenvalue weighted by molar-refractivity contribution is 5.80. The summed E-state index contributed by atoms with van der Waals surface area (Å²) in [5.74, 6) is 0.683. The topological polar surface area (TPSA) is 45.9 Å². The van der Waals surface area contributed by atoms with Crippen molar-refractivity contribution in [3.05, 3.63) is 36.0 Å². The lowest BCUT2D eigenvalue weighted by Crippen LogP contribution is -1.91. The van der Waals surface area contributed by atoms with Gasteiger partial charge in [-0.25, -0.2) is 0 Å². The second kappa shape index (κ2) is 3.97. The van der Waals surface area contributed by atoms with Crippen molar-refractivity contribution in [3.63, 3.8) is 0 Å². The van der Waals surface area contributed by atoms with Crippen molar-refractivity contribution in [1.82, 2.24) is 4.98 Å². The number of rotatable bonds is 2. The Morgan fingerprint density at radius 2 is 2.40 bits per heavy atom. The maximum Gasteiger partial charge on any atom is 0.129 e. The molecule has 3 nitrogen and oxygen atoms in total. The predicted octanol–water partition coefficient (Wildman–Crippen LogP) is 2.31. The smallest absolute Gasteiger partial charge is 0.129 e. The van der Waals surface area contributed by atoms with Crippen molar-refractivity contribution in [2.45, 2.75) is 6.92 Å². The maximum absolute atomic E-state index is 8.71. The van der Waals surface area contributed by atoms with Crippen LogP contribution in [0.1, 0.15) is 12.5 Å². The molecular weight excluding hydrogens is 188 g/mol. The van der Waals surface area contributed by atoms with E-state index in [2.05, 4.69) is 17.1 Å². The summed E-state index contributed by atoms with van der Waals surface area (Å²) in [7, 11) is 0. The van der Waals surface area contributed by atoms with Gasteiger partial charge in [0.05, 0.1) is 17.7 Å². The average Bonchev–Trinajstić information content (AvgIpc) is 2.29. The van der Waals surface area contributed by atoms with Crippen LogP contribution in [-0.2, 0) is 0 Å². The molecule has 2 rings (SSSR count). The first-order valence-corrected chi connectivity index (χ1v) is 4.68. The summed E-state index contributed by atoms with van der Waals surface area (Å²) in [5, 5.41) is 9.61. The molecule has 15 heavy (non-hydrogen) atoms. The van der Waals surface area contributed by atoms with Gasteiger partial charge in [-0.2, -0.15) is 5.26 Å². The van der Waals surface area contributed by atoms with E-state index in [4.69, 9.17) is 10.00 Å².